The first-order valence-electron chi connectivity index (χ1n) is 8.84. The van der Waals surface area contributed by atoms with Gasteiger partial charge in [-0.2, -0.15) is 0 Å². The van der Waals surface area contributed by atoms with Gasteiger partial charge in [0.1, 0.15) is 6.54 Å². The zero-order chi connectivity index (χ0) is 17.3. The highest BCUT2D eigenvalue weighted by Gasteiger charge is 2.27. The standard InChI is InChI=1S/C17H35N5O/c1-6-10-18-16(19-13-15(23)21(4)5)20-14-17(2,3)22-11-8-7-9-12-22/h6-14H2,1-5H3,(H2,18,19,20). The van der Waals surface area contributed by atoms with Crippen LogP contribution >= 0.6 is 0 Å². The second kappa shape index (κ2) is 9.75. The van der Waals surface area contributed by atoms with Crippen molar-refractivity contribution >= 4 is 11.9 Å². The number of nitrogens with one attached hydrogen (secondary N) is 2. The van der Waals surface area contributed by atoms with Crippen LogP contribution in [-0.4, -0.2) is 74.0 Å². The van der Waals surface area contributed by atoms with Crippen molar-refractivity contribution in [1.29, 1.82) is 0 Å². The number of amides is 1. The van der Waals surface area contributed by atoms with Gasteiger partial charge in [0.25, 0.3) is 0 Å². The van der Waals surface area contributed by atoms with E-state index >= 15 is 0 Å². The molecule has 0 spiro atoms. The maximum Gasteiger partial charge on any atom is 0.243 e. The molecule has 0 unspecified atom stereocenters. The van der Waals surface area contributed by atoms with Crippen molar-refractivity contribution in [3.8, 4) is 0 Å². The Balaban J connectivity index is 2.57. The fourth-order valence-electron chi connectivity index (χ4n) is 2.62. The summed E-state index contributed by atoms with van der Waals surface area (Å²) >= 11 is 0. The van der Waals surface area contributed by atoms with Gasteiger partial charge < -0.3 is 15.5 Å². The van der Waals surface area contributed by atoms with Crippen LogP contribution in [-0.2, 0) is 4.79 Å². The Labute approximate surface area is 141 Å². The lowest BCUT2D eigenvalue weighted by atomic mass is 9.98. The van der Waals surface area contributed by atoms with Gasteiger partial charge in [-0.15, -0.1) is 0 Å². The molecule has 0 atom stereocenters. The van der Waals surface area contributed by atoms with E-state index in [2.05, 4.69) is 41.3 Å². The number of guanidine groups is 1. The van der Waals surface area contributed by atoms with Gasteiger partial charge in [-0.05, 0) is 46.2 Å². The molecule has 2 N–H and O–H groups in total. The van der Waals surface area contributed by atoms with Crippen molar-refractivity contribution in [2.24, 2.45) is 4.99 Å². The third kappa shape index (κ3) is 7.20. The zero-order valence-electron chi connectivity index (χ0n) is 15.6. The largest absolute Gasteiger partial charge is 0.356 e. The number of hydrogen-bond acceptors (Lipinski definition) is 3. The Morgan fingerprint density at radius 2 is 1.83 bits per heavy atom. The van der Waals surface area contributed by atoms with E-state index in [1.165, 1.54) is 32.4 Å². The van der Waals surface area contributed by atoms with E-state index in [0.717, 1.165) is 25.5 Å². The highest BCUT2D eigenvalue weighted by atomic mass is 16.2. The Morgan fingerprint density at radius 1 is 1.17 bits per heavy atom. The van der Waals surface area contributed by atoms with Gasteiger partial charge in [0.05, 0.1) is 0 Å². The van der Waals surface area contributed by atoms with E-state index in [-0.39, 0.29) is 18.0 Å². The third-order valence-corrected chi connectivity index (χ3v) is 4.31. The molecule has 0 aliphatic carbocycles. The van der Waals surface area contributed by atoms with Gasteiger partial charge in [-0.3, -0.25) is 9.69 Å². The fourth-order valence-corrected chi connectivity index (χ4v) is 2.62. The van der Waals surface area contributed by atoms with Gasteiger partial charge in [0.15, 0.2) is 5.96 Å². The smallest absolute Gasteiger partial charge is 0.243 e. The molecule has 1 fully saturated rings. The molecule has 6 nitrogen and oxygen atoms in total. The number of likely N-dealkylation sites (tertiary alicyclic amines) is 1. The van der Waals surface area contributed by atoms with E-state index in [1.807, 2.05) is 0 Å². The maximum atomic E-state index is 11.7. The lowest BCUT2D eigenvalue weighted by Crippen LogP contribution is -2.55. The summed E-state index contributed by atoms with van der Waals surface area (Å²) in [4.78, 5) is 20.3. The van der Waals surface area contributed by atoms with Crippen LogP contribution in [0.1, 0.15) is 46.5 Å². The minimum absolute atomic E-state index is 0.0119. The van der Waals surface area contributed by atoms with Gasteiger partial charge in [0, 0.05) is 32.7 Å². The lowest BCUT2D eigenvalue weighted by Gasteiger charge is -2.41. The molecule has 1 rings (SSSR count). The first-order valence-corrected chi connectivity index (χ1v) is 8.84. The van der Waals surface area contributed by atoms with Crippen molar-refractivity contribution < 1.29 is 4.79 Å². The van der Waals surface area contributed by atoms with Crippen molar-refractivity contribution in [2.45, 2.75) is 52.0 Å². The highest BCUT2D eigenvalue weighted by molar-refractivity contribution is 5.84. The van der Waals surface area contributed by atoms with Gasteiger partial charge >= 0.3 is 0 Å². The van der Waals surface area contributed by atoms with E-state index < -0.39 is 0 Å². The molecule has 1 amide bonds. The number of carbonyl (C=O) groups is 1. The number of piperidine rings is 1. The third-order valence-electron chi connectivity index (χ3n) is 4.31. The average molecular weight is 326 g/mol. The molecule has 6 heteroatoms. The topological polar surface area (TPSA) is 60.0 Å². The summed E-state index contributed by atoms with van der Waals surface area (Å²) in [5, 5.41) is 6.70. The van der Waals surface area contributed by atoms with Crippen molar-refractivity contribution in [3.05, 3.63) is 0 Å². The molecule has 1 aliphatic heterocycles. The Morgan fingerprint density at radius 3 is 2.39 bits per heavy atom. The van der Waals surface area contributed by atoms with Crippen LogP contribution in [0, 0.1) is 0 Å². The predicted octanol–water partition coefficient (Wildman–Crippen LogP) is 1.28. The van der Waals surface area contributed by atoms with Crippen LogP contribution in [0.4, 0.5) is 0 Å². The summed E-state index contributed by atoms with van der Waals surface area (Å²) in [6.45, 7) is 10.8. The summed E-state index contributed by atoms with van der Waals surface area (Å²) in [7, 11) is 3.51. The molecule has 0 bridgehead atoms. The number of rotatable bonds is 7. The molecule has 1 aliphatic rings. The first-order chi connectivity index (χ1) is 10.9. The summed E-state index contributed by atoms with van der Waals surface area (Å²) in [6, 6.07) is 0. The normalized spacial score (nSPS) is 17.0. The molecule has 23 heavy (non-hydrogen) atoms. The minimum Gasteiger partial charge on any atom is -0.356 e. The van der Waals surface area contributed by atoms with Crippen molar-refractivity contribution in [1.82, 2.24) is 20.4 Å². The fraction of sp³-hybridized carbons (Fsp3) is 0.882. The summed E-state index contributed by atoms with van der Waals surface area (Å²) in [6.07, 6.45) is 4.95. The van der Waals surface area contributed by atoms with Crippen LogP contribution in [0.2, 0.25) is 0 Å². The van der Waals surface area contributed by atoms with Crippen LogP contribution in [0.15, 0.2) is 4.99 Å². The summed E-state index contributed by atoms with van der Waals surface area (Å²) < 4.78 is 0. The number of nitrogens with zero attached hydrogens (tertiary/aromatic N) is 3. The summed E-state index contributed by atoms with van der Waals surface area (Å²) in [5.74, 6) is 0.741. The zero-order valence-corrected chi connectivity index (χ0v) is 15.6. The molecule has 0 saturated carbocycles. The van der Waals surface area contributed by atoms with Crippen LogP contribution in [0.25, 0.3) is 0 Å². The molecule has 134 valence electrons. The SMILES string of the molecule is CCCNC(=NCC(=O)N(C)C)NCC(C)(C)N1CCCCC1. The first kappa shape index (κ1) is 19.7. The Bertz CT molecular complexity index is 386. The van der Waals surface area contributed by atoms with Crippen molar-refractivity contribution in [3.63, 3.8) is 0 Å². The van der Waals surface area contributed by atoms with Crippen molar-refractivity contribution in [2.75, 3.05) is 46.8 Å². The van der Waals surface area contributed by atoms with Gasteiger partial charge in [0.2, 0.25) is 5.91 Å². The molecule has 0 aromatic heterocycles. The quantitative estimate of drug-likeness (QED) is 0.547. The Kier molecular flexibility index (Phi) is 8.37. The molecule has 0 aromatic rings. The second-order valence-corrected chi connectivity index (χ2v) is 7.09. The summed E-state index contributed by atoms with van der Waals surface area (Å²) in [5.41, 5.74) is 0.0840. The molecule has 0 aromatic carbocycles. The van der Waals surface area contributed by atoms with E-state index in [0.29, 0.717) is 0 Å². The predicted molar refractivity (Wildman–Crippen MR) is 96.8 cm³/mol. The average Bonchev–Trinajstić information content (AvgIpc) is 2.54. The van der Waals surface area contributed by atoms with E-state index in [9.17, 15) is 4.79 Å². The molecule has 1 heterocycles. The molecule has 0 radical (unpaired) electrons. The van der Waals surface area contributed by atoms with Crippen LogP contribution in [0.5, 0.6) is 0 Å². The molecular formula is C17H35N5O. The highest BCUT2D eigenvalue weighted by Crippen LogP contribution is 2.19. The van der Waals surface area contributed by atoms with E-state index in [4.69, 9.17) is 0 Å². The van der Waals surface area contributed by atoms with Gasteiger partial charge in [-0.25, -0.2) is 4.99 Å². The Hall–Kier alpha value is -1.30. The van der Waals surface area contributed by atoms with Gasteiger partial charge in [-0.1, -0.05) is 13.3 Å². The molecular weight excluding hydrogens is 290 g/mol. The van der Waals surface area contributed by atoms with Crippen LogP contribution < -0.4 is 10.6 Å². The number of carbonyl (C=O) groups excluding carboxylic acids is 1. The van der Waals surface area contributed by atoms with Crippen LogP contribution in [0.3, 0.4) is 0 Å². The van der Waals surface area contributed by atoms with E-state index in [1.54, 1.807) is 19.0 Å². The minimum atomic E-state index is 0.0119. The number of hydrogen-bond donors (Lipinski definition) is 2. The number of aliphatic imine (C=N–C) groups is 1. The lowest BCUT2D eigenvalue weighted by molar-refractivity contribution is -0.127. The maximum absolute atomic E-state index is 11.7. The molecule has 1 saturated heterocycles. The number of likely N-dealkylation sites (N-methyl/N-ethyl adjacent to an activating group) is 1. The monoisotopic (exact) mass is 325 g/mol. The second-order valence-electron chi connectivity index (χ2n) is 7.09.